The summed E-state index contributed by atoms with van der Waals surface area (Å²) in [7, 11) is 0. The number of ketones is 1. The summed E-state index contributed by atoms with van der Waals surface area (Å²) in [4.78, 5) is 25.7. The fraction of sp³-hybridized carbons (Fsp3) is 0.500. The van der Waals surface area contributed by atoms with Gasteiger partial charge in [0.05, 0.1) is 6.54 Å². The second kappa shape index (κ2) is 5.35. The zero-order chi connectivity index (χ0) is 14.9. The fourth-order valence-electron chi connectivity index (χ4n) is 2.41. The van der Waals surface area contributed by atoms with Gasteiger partial charge in [-0.05, 0) is 35.6 Å². The van der Waals surface area contributed by atoms with Gasteiger partial charge in [0.15, 0.2) is 5.78 Å². The summed E-state index contributed by atoms with van der Waals surface area (Å²) >= 11 is 0. The molecule has 0 spiro atoms. The number of amides is 1. The molecule has 0 N–H and O–H groups in total. The Morgan fingerprint density at radius 3 is 2.40 bits per heavy atom. The topological polar surface area (TPSA) is 37.4 Å². The first kappa shape index (κ1) is 14.7. The molecule has 1 heterocycles. The molecule has 108 valence electrons. The molecule has 0 radical (unpaired) electrons. The summed E-state index contributed by atoms with van der Waals surface area (Å²) in [6, 6.07) is 5.44. The van der Waals surface area contributed by atoms with Crippen LogP contribution in [0.3, 0.4) is 0 Å². The highest BCUT2D eigenvalue weighted by Gasteiger charge is 2.37. The lowest BCUT2D eigenvalue weighted by atomic mass is 9.80. The van der Waals surface area contributed by atoms with E-state index in [0.717, 1.165) is 0 Å². The molecule has 1 aliphatic rings. The molecule has 1 saturated heterocycles. The van der Waals surface area contributed by atoms with Crippen LogP contribution in [0.2, 0.25) is 0 Å². The molecule has 1 aromatic rings. The van der Waals surface area contributed by atoms with Crippen molar-refractivity contribution in [3.63, 3.8) is 0 Å². The van der Waals surface area contributed by atoms with Crippen LogP contribution in [0, 0.1) is 17.2 Å². The average Bonchev–Trinajstić information content (AvgIpc) is 2.71. The molecule has 2 rings (SSSR count). The van der Waals surface area contributed by atoms with Crippen LogP contribution in [0.1, 0.15) is 37.6 Å². The van der Waals surface area contributed by atoms with E-state index in [9.17, 15) is 14.0 Å². The number of Topliss-reactive ketones (excluding diaryl/α,β-unsaturated/α-hetero) is 1. The maximum Gasteiger partial charge on any atom is 0.223 e. The van der Waals surface area contributed by atoms with Gasteiger partial charge in [0.2, 0.25) is 5.91 Å². The van der Waals surface area contributed by atoms with Crippen LogP contribution < -0.4 is 0 Å². The second-order valence-electron chi connectivity index (χ2n) is 6.47. The monoisotopic (exact) mass is 277 g/mol. The van der Waals surface area contributed by atoms with Crippen molar-refractivity contribution in [1.29, 1.82) is 0 Å². The minimum atomic E-state index is -0.369. The number of benzene rings is 1. The van der Waals surface area contributed by atoms with E-state index in [4.69, 9.17) is 0 Å². The lowest BCUT2D eigenvalue weighted by Crippen LogP contribution is -2.32. The summed E-state index contributed by atoms with van der Waals surface area (Å²) in [5, 5.41) is 0. The van der Waals surface area contributed by atoms with Gasteiger partial charge in [-0.15, -0.1) is 0 Å². The molecular formula is C16H20FNO2. The molecule has 0 bridgehead atoms. The molecular weight excluding hydrogens is 257 g/mol. The highest BCUT2D eigenvalue weighted by molar-refractivity contribution is 5.99. The first-order chi connectivity index (χ1) is 9.27. The molecule has 1 amide bonds. The van der Waals surface area contributed by atoms with Crippen LogP contribution in [-0.2, 0) is 4.79 Å². The van der Waals surface area contributed by atoms with Gasteiger partial charge in [0, 0.05) is 18.5 Å². The first-order valence-corrected chi connectivity index (χ1v) is 6.84. The van der Waals surface area contributed by atoms with E-state index in [1.807, 2.05) is 0 Å². The number of rotatable bonds is 3. The summed E-state index contributed by atoms with van der Waals surface area (Å²) in [5.74, 6) is -0.212. The molecule has 3 nitrogen and oxygen atoms in total. The number of carbonyl (C=O) groups is 2. The highest BCUT2D eigenvalue weighted by Crippen LogP contribution is 2.34. The van der Waals surface area contributed by atoms with Crippen LogP contribution in [0.4, 0.5) is 4.39 Å². The van der Waals surface area contributed by atoms with E-state index in [-0.39, 0.29) is 35.4 Å². The maximum absolute atomic E-state index is 12.8. The molecule has 0 aromatic heterocycles. The molecule has 1 aliphatic heterocycles. The van der Waals surface area contributed by atoms with Crippen LogP contribution in [0.25, 0.3) is 0 Å². The van der Waals surface area contributed by atoms with E-state index >= 15 is 0 Å². The maximum atomic E-state index is 12.8. The van der Waals surface area contributed by atoms with Crippen molar-refractivity contribution in [2.24, 2.45) is 11.3 Å². The Morgan fingerprint density at radius 1 is 1.30 bits per heavy atom. The molecule has 1 aromatic carbocycles. The summed E-state index contributed by atoms with van der Waals surface area (Å²) in [6.07, 6.45) is 0.500. The Hall–Kier alpha value is -1.71. The SMILES string of the molecule is CC(C)(C)C1CC(=O)N(CC(=O)c2ccc(F)cc2)C1. The van der Waals surface area contributed by atoms with Gasteiger partial charge >= 0.3 is 0 Å². The number of halogens is 1. The summed E-state index contributed by atoms with van der Waals surface area (Å²) < 4.78 is 12.8. The lowest BCUT2D eigenvalue weighted by molar-refractivity contribution is -0.127. The zero-order valence-electron chi connectivity index (χ0n) is 12.1. The molecule has 4 heteroatoms. The van der Waals surface area contributed by atoms with Gasteiger partial charge < -0.3 is 4.90 Å². The average molecular weight is 277 g/mol. The van der Waals surface area contributed by atoms with Crippen LogP contribution >= 0.6 is 0 Å². The van der Waals surface area contributed by atoms with Gasteiger partial charge in [-0.25, -0.2) is 4.39 Å². The van der Waals surface area contributed by atoms with Crippen LogP contribution in [0.15, 0.2) is 24.3 Å². The van der Waals surface area contributed by atoms with Crippen molar-refractivity contribution in [3.8, 4) is 0 Å². The van der Waals surface area contributed by atoms with Crippen LogP contribution in [0.5, 0.6) is 0 Å². The van der Waals surface area contributed by atoms with Gasteiger partial charge in [0.1, 0.15) is 5.82 Å². The number of hydrogen-bond acceptors (Lipinski definition) is 2. The van der Waals surface area contributed by atoms with Crippen LogP contribution in [-0.4, -0.2) is 29.7 Å². The smallest absolute Gasteiger partial charge is 0.223 e. The number of nitrogens with zero attached hydrogens (tertiary/aromatic N) is 1. The van der Waals surface area contributed by atoms with E-state index in [0.29, 0.717) is 18.5 Å². The normalized spacial score (nSPS) is 19.5. The number of hydrogen-bond donors (Lipinski definition) is 0. The Balaban J connectivity index is 2.02. The Kier molecular flexibility index (Phi) is 3.93. The third-order valence-electron chi connectivity index (χ3n) is 3.94. The van der Waals surface area contributed by atoms with E-state index < -0.39 is 0 Å². The number of likely N-dealkylation sites (tertiary alicyclic amines) is 1. The van der Waals surface area contributed by atoms with Crippen molar-refractivity contribution >= 4 is 11.7 Å². The fourth-order valence-corrected chi connectivity index (χ4v) is 2.41. The minimum absolute atomic E-state index is 0.0281. The summed E-state index contributed by atoms with van der Waals surface area (Å²) in [5.41, 5.74) is 0.502. The van der Waals surface area contributed by atoms with Gasteiger partial charge in [0.25, 0.3) is 0 Å². The lowest BCUT2D eigenvalue weighted by Gasteiger charge is -2.26. The molecule has 0 saturated carbocycles. The predicted octanol–water partition coefficient (Wildman–Crippen LogP) is 2.90. The zero-order valence-corrected chi connectivity index (χ0v) is 12.1. The molecule has 1 fully saturated rings. The summed E-state index contributed by atoms with van der Waals surface area (Å²) in [6.45, 7) is 7.02. The predicted molar refractivity (Wildman–Crippen MR) is 74.9 cm³/mol. The minimum Gasteiger partial charge on any atom is -0.335 e. The highest BCUT2D eigenvalue weighted by atomic mass is 19.1. The molecule has 0 aliphatic carbocycles. The molecule has 1 atom stereocenters. The standard InChI is InChI=1S/C16H20FNO2/c1-16(2,3)12-8-15(20)18(9-12)10-14(19)11-4-6-13(17)7-5-11/h4-7,12H,8-10H2,1-3H3. The quantitative estimate of drug-likeness (QED) is 0.797. The van der Waals surface area contributed by atoms with E-state index in [1.54, 1.807) is 4.90 Å². The van der Waals surface area contributed by atoms with Crippen molar-refractivity contribution in [1.82, 2.24) is 4.90 Å². The van der Waals surface area contributed by atoms with Gasteiger partial charge in [-0.3, -0.25) is 9.59 Å². The van der Waals surface area contributed by atoms with Crippen molar-refractivity contribution in [3.05, 3.63) is 35.6 Å². The largest absolute Gasteiger partial charge is 0.335 e. The molecule has 1 unspecified atom stereocenters. The van der Waals surface area contributed by atoms with Crippen molar-refractivity contribution in [2.75, 3.05) is 13.1 Å². The van der Waals surface area contributed by atoms with Gasteiger partial charge in [-0.2, -0.15) is 0 Å². The second-order valence-corrected chi connectivity index (χ2v) is 6.47. The van der Waals surface area contributed by atoms with Gasteiger partial charge in [-0.1, -0.05) is 20.8 Å². The van der Waals surface area contributed by atoms with E-state index in [1.165, 1.54) is 24.3 Å². The third-order valence-corrected chi connectivity index (χ3v) is 3.94. The molecule has 20 heavy (non-hydrogen) atoms. The third kappa shape index (κ3) is 3.24. The van der Waals surface area contributed by atoms with Crippen molar-refractivity contribution < 1.29 is 14.0 Å². The first-order valence-electron chi connectivity index (χ1n) is 6.84. The van der Waals surface area contributed by atoms with Crippen molar-refractivity contribution in [2.45, 2.75) is 27.2 Å². The number of carbonyl (C=O) groups excluding carboxylic acids is 2. The Morgan fingerprint density at radius 2 is 1.90 bits per heavy atom. The Bertz CT molecular complexity index is 516. The van der Waals surface area contributed by atoms with E-state index in [2.05, 4.69) is 20.8 Å². The Labute approximate surface area is 118 Å².